The average Bonchev–Trinajstić information content (AvgIpc) is 3.05. The van der Waals surface area contributed by atoms with Crippen molar-refractivity contribution in [2.75, 3.05) is 11.5 Å². The highest BCUT2D eigenvalue weighted by atomic mass is 33.1. The van der Waals surface area contributed by atoms with Gasteiger partial charge in [-0.25, -0.2) is 4.39 Å². The molecule has 0 aliphatic heterocycles. The predicted molar refractivity (Wildman–Crippen MR) is 142 cm³/mol. The van der Waals surface area contributed by atoms with E-state index in [1.165, 1.54) is 22.9 Å². The molecule has 0 bridgehead atoms. The fourth-order valence-corrected chi connectivity index (χ4v) is 10.1. The van der Waals surface area contributed by atoms with E-state index in [1.54, 1.807) is 30.7 Å². The molecule has 5 nitrogen and oxygen atoms in total. The van der Waals surface area contributed by atoms with E-state index in [1.807, 2.05) is 13.8 Å². The molecule has 8 heteroatoms. The summed E-state index contributed by atoms with van der Waals surface area (Å²) < 4.78 is 23.6. The van der Waals surface area contributed by atoms with Gasteiger partial charge in [0.1, 0.15) is 0 Å². The maximum atomic E-state index is 17.4. The van der Waals surface area contributed by atoms with E-state index in [4.69, 9.17) is 4.74 Å². The van der Waals surface area contributed by atoms with E-state index in [2.05, 4.69) is 6.92 Å². The Labute approximate surface area is 221 Å². The van der Waals surface area contributed by atoms with Crippen molar-refractivity contribution in [3.63, 3.8) is 0 Å². The van der Waals surface area contributed by atoms with Crippen molar-refractivity contribution in [3.8, 4) is 0 Å². The van der Waals surface area contributed by atoms with E-state index >= 15 is 4.39 Å². The SMILES string of the molecule is CCCSSCC(=O)[C@@]1(OC(=O)CC)[C@@H](C)C[C@H]2[C@@H]3CCC4=CC(=O)C=C[C@]4(C)[C@@]3(F)[C@@H](O)C[C@@]21C. The van der Waals surface area contributed by atoms with Crippen molar-refractivity contribution < 1.29 is 28.6 Å². The number of esters is 1. The normalized spacial score (nSPS) is 43.3. The van der Waals surface area contributed by atoms with Gasteiger partial charge in [0.05, 0.1) is 11.9 Å². The first-order chi connectivity index (χ1) is 16.9. The summed E-state index contributed by atoms with van der Waals surface area (Å²) >= 11 is 0. The molecule has 0 radical (unpaired) electrons. The molecule has 0 heterocycles. The third kappa shape index (κ3) is 3.79. The highest BCUT2D eigenvalue weighted by Crippen LogP contribution is 2.71. The van der Waals surface area contributed by atoms with Crippen LogP contribution in [0.15, 0.2) is 23.8 Å². The predicted octanol–water partition coefficient (Wildman–Crippen LogP) is 5.66. The van der Waals surface area contributed by atoms with E-state index in [0.29, 0.717) is 19.3 Å². The number of halogens is 1. The number of fused-ring (bicyclic) bond motifs is 5. The summed E-state index contributed by atoms with van der Waals surface area (Å²) in [5.41, 5.74) is -4.63. The molecular formula is C28H39FO5S2. The van der Waals surface area contributed by atoms with Gasteiger partial charge < -0.3 is 9.84 Å². The van der Waals surface area contributed by atoms with Gasteiger partial charge in [0.15, 0.2) is 22.8 Å². The fourth-order valence-electron chi connectivity index (χ4n) is 8.00. The van der Waals surface area contributed by atoms with E-state index in [9.17, 15) is 19.5 Å². The minimum atomic E-state index is -1.97. The Balaban J connectivity index is 1.77. The number of ketones is 2. The summed E-state index contributed by atoms with van der Waals surface area (Å²) in [6.45, 7) is 9.45. The summed E-state index contributed by atoms with van der Waals surface area (Å²) in [7, 11) is 3.10. The molecular weight excluding hydrogens is 499 g/mol. The van der Waals surface area contributed by atoms with Crippen LogP contribution in [-0.4, -0.2) is 51.5 Å². The molecule has 0 saturated heterocycles. The molecule has 4 aliphatic carbocycles. The van der Waals surface area contributed by atoms with Crippen molar-refractivity contribution in [3.05, 3.63) is 23.8 Å². The number of hydrogen-bond acceptors (Lipinski definition) is 7. The molecule has 3 saturated carbocycles. The molecule has 0 unspecified atom stereocenters. The molecule has 0 amide bonds. The third-order valence-electron chi connectivity index (χ3n) is 9.72. The summed E-state index contributed by atoms with van der Waals surface area (Å²) in [6.07, 6.45) is 5.97. The molecule has 36 heavy (non-hydrogen) atoms. The Morgan fingerprint density at radius 3 is 2.61 bits per heavy atom. The van der Waals surface area contributed by atoms with Crippen LogP contribution in [0, 0.1) is 28.6 Å². The van der Waals surface area contributed by atoms with Gasteiger partial charge in [-0.3, -0.25) is 14.4 Å². The molecule has 3 fully saturated rings. The summed E-state index contributed by atoms with van der Waals surface area (Å²) in [4.78, 5) is 38.8. The molecule has 1 N–H and O–H groups in total. The minimum absolute atomic E-state index is 0.0230. The molecule has 4 aliphatic rings. The number of carbonyl (C=O) groups is 3. The number of ether oxygens (including phenoxy) is 1. The van der Waals surface area contributed by atoms with Gasteiger partial charge in [0.25, 0.3) is 0 Å². The Morgan fingerprint density at radius 2 is 1.94 bits per heavy atom. The largest absolute Gasteiger partial charge is 0.450 e. The fraction of sp³-hybridized carbons (Fsp3) is 0.750. The zero-order valence-corrected chi connectivity index (χ0v) is 23.6. The van der Waals surface area contributed by atoms with Crippen LogP contribution in [0.3, 0.4) is 0 Å². The first-order valence-corrected chi connectivity index (χ1v) is 15.7. The van der Waals surface area contributed by atoms with Crippen molar-refractivity contribution in [1.29, 1.82) is 0 Å². The molecule has 8 atom stereocenters. The summed E-state index contributed by atoms with van der Waals surface area (Å²) in [5.74, 6) is -0.670. The van der Waals surface area contributed by atoms with Gasteiger partial charge in [0, 0.05) is 34.8 Å². The van der Waals surface area contributed by atoms with Gasteiger partial charge in [-0.1, -0.05) is 60.9 Å². The van der Waals surface area contributed by atoms with Gasteiger partial charge in [-0.05, 0) is 57.1 Å². The Hall–Kier alpha value is -1.12. The number of rotatable bonds is 8. The molecule has 0 spiro atoms. The molecule has 0 aromatic rings. The van der Waals surface area contributed by atoms with Crippen LogP contribution in [0.1, 0.15) is 73.1 Å². The highest BCUT2D eigenvalue weighted by Gasteiger charge is 2.77. The zero-order chi connectivity index (χ0) is 26.5. The van der Waals surface area contributed by atoms with E-state index in [-0.39, 0.29) is 42.0 Å². The quantitative estimate of drug-likeness (QED) is 0.243. The smallest absolute Gasteiger partial charge is 0.306 e. The minimum Gasteiger partial charge on any atom is -0.450 e. The van der Waals surface area contributed by atoms with Crippen LogP contribution >= 0.6 is 21.6 Å². The Morgan fingerprint density at radius 1 is 1.22 bits per heavy atom. The average molecular weight is 539 g/mol. The van der Waals surface area contributed by atoms with Crippen LogP contribution in [-0.2, 0) is 19.1 Å². The lowest BCUT2D eigenvalue weighted by Gasteiger charge is -2.62. The van der Waals surface area contributed by atoms with Crippen LogP contribution in [0.5, 0.6) is 0 Å². The highest BCUT2D eigenvalue weighted by molar-refractivity contribution is 8.76. The van der Waals surface area contributed by atoms with Crippen LogP contribution < -0.4 is 0 Å². The number of carbonyl (C=O) groups excluding carboxylic acids is 3. The second kappa shape index (κ2) is 9.88. The number of Topliss-reactive ketones (excluding diaryl/α,β-unsaturated/α-hetero) is 1. The maximum Gasteiger partial charge on any atom is 0.306 e. The topological polar surface area (TPSA) is 80.7 Å². The van der Waals surface area contributed by atoms with Crippen molar-refractivity contribution in [2.45, 2.75) is 90.5 Å². The molecule has 4 rings (SSSR count). The van der Waals surface area contributed by atoms with E-state index < -0.39 is 40.1 Å². The third-order valence-corrected chi connectivity index (χ3v) is 12.2. The molecule has 0 aromatic carbocycles. The lowest BCUT2D eigenvalue weighted by molar-refractivity contribution is -0.226. The van der Waals surface area contributed by atoms with Gasteiger partial charge in [0.2, 0.25) is 0 Å². The standard InChI is InChI=1S/C28H39FO5S2/c1-6-12-35-36-16-23(32)28(34-24(33)7-2)17(3)13-21-20-9-8-18-14-19(30)10-11-25(18,4)27(20,29)22(31)15-26(21,28)5/h10-11,14,17,20-22,31H,6-9,12-13,15-16H2,1-5H3/t17-,20-,21-,22-,25-,26-,27-,28-/m0/s1. The monoisotopic (exact) mass is 538 g/mol. The number of hydrogen-bond donors (Lipinski definition) is 1. The van der Waals surface area contributed by atoms with Gasteiger partial charge in [-0.2, -0.15) is 0 Å². The number of allylic oxidation sites excluding steroid dienone is 4. The van der Waals surface area contributed by atoms with Crippen molar-refractivity contribution in [1.82, 2.24) is 0 Å². The summed E-state index contributed by atoms with van der Waals surface area (Å²) in [5, 5.41) is 11.6. The van der Waals surface area contributed by atoms with Crippen LogP contribution in [0.2, 0.25) is 0 Å². The lowest BCUT2D eigenvalue weighted by Crippen LogP contribution is -2.70. The zero-order valence-electron chi connectivity index (χ0n) is 22.0. The van der Waals surface area contributed by atoms with Crippen LogP contribution in [0.25, 0.3) is 0 Å². The van der Waals surface area contributed by atoms with Crippen molar-refractivity contribution >= 4 is 39.1 Å². The molecule has 0 aromatic heterocycles. The second-order valence-corrected chi connectivity index (χ2v) is 14.1. The first kappa shape index (κ1) is 27.9. The lowest BCUT2D eigenvalue weighted by atomic mass is 9.44. The number of aliphatic hydroxyl groups excluding tert-OH is 1. The molecule has 200 valence electrons. The second-order valence-electron chi connectivity index (χ2n) is 11.5. The Bertz CT molecular complexity index is 996. The number of alkyl halides is 1. The van der Waals surface area contributed by atoms with Crippen LogP contribution in [0.4, 0.5) is 4.39 Å². The summed E-state index contributed by atoms with van der Waals surface area (Å²) in [6, 6.07) is 0. The van der Waals surface area contributed by atoms with Crippen molar-refractivity contribution in [2.24, 2.45) is 28.6 Å². The number of aliphatic hydroxyl groups is 1. The first-order valence-electron chi connectivity index (χ1n) is 13.2. The van der Waals surface area contributed by atoms with Gasteiger partial charge >= 0.3 is 5.97 Å². The van der Waals surface area contributed by atoms with Gasteiger partial charge in [-0.15, -0.1) is 0 Å². The maximum absolute atomic E-state index is 17.4. The Kier molecular flexibility index (Phi) is 7.66. The van der Waals surface area contributed by atoms with E-state index in [0.717, 1.165) is 17.7 Å².